The Morgan fingerprint density at radius 3 is 2.38 bits per heavy atom. The molecule has 1 aliphatic heterocycles. The summed E-state index contributed by atoms with van der Waals surface area (Å²) in [6, 6.07) is 2.29. The lowest BCUT2D eigenvalue weighted by Gasteiger charge is -2.44. The predicted molar refractivity (Wildman–Crippen MR) is 71.9 cm³/mol. The van der Waals surface area contributed by atoms with Crippen molar-refractivity contribution >= 4 is 0 Å². The highest BCUT2D eigenvalue weighted by Gasteiger charge is 2.29. The van der Waals surface area contributed by atoms with Crippen LogP contribution in [0.5, 0.6) is 0 Å². The predicted octanol–water partition coefficient (Wildman–Crippen LogP) is 3.03. The molecule has 0 aliphatic carbocycles. The molecule has 0 bridgehead atoms. The highest BCUT2D eigenvalue weighted by atomic mass is 15.3. The average Bonchev–Trinajstić information content (AvgIpc) is 2.33. The van der Waals surface area contributed by atoms with Crippen molar-refractivity contribution in [3.63, 3.8) is 0 Å². The van der Waals surface area contributed by atoms with E-state index in [1.54, 1.807) is 0 Å². The van der Waals surface area contributed by atoms with Gasteiger partial charge in [0.15, 0.2) is 0 Å². The number of nitrogens with one attached hydrogen (secondary N) is 1. The van der Waals surface area contributed by atoms with Gasteiger partial charge in [0, 0.05) is 31.2 Å². The van der Waals surface area contributed by atoms with Crippen LogP contribution < -0.4 is 5.32 Å². The fourth-order valence-electron chi connectivity index (χ4n) is 2.97. The maximum Gasteiger partial charge on any atom is 0.0224 e. The van der Waals surface area contributed by atoms with Gasteiger partial charge in [0.2, 0.25) is 0 Å². The summed E-state index contributed by atoms with van der Waals surface area (Å²) < 4.78 is 0. The summed E-state index contributed by atoms with van der Waals surface area (Å²) in [4.78, 5) is 2.79. The Balaban J connectivity index is 2.62. The Hall–Kier alpha value is -0.0800. The lowest BCUT2D eigenvalue weighted by Crippen LogP contribution is -2.59. The number of piperazine rings is 1. The fourth-order valence-corrected chi connectivity index (χ4v) is 2.97. The van der Waals surface area contributed by atoms with Gasteiger partial charge in [-0.2, -0.15) is 0 Å². The van der Waals surface area contributed by atoms with Gasteiger partial charge in [0.25, 0.3) is 0 Å². The highest BCUT2D eigenvalue weighted by Crippen LogP contribution is 2.20. The first kappa shape index (κ1) is 14.0. The van der Waals surface area contributed by atoms with E-state index in [1.165, 1.54) is 45.2 Å². The molecule has 2 heteroatoms. The van der Waals surface area contributed by atoms with E-state index in [-0.39, 0.29) is 0 Å². The molecule has 0 aromatic heterocycles. The summed E-state index contributed by atoms with van der Waals surface area (Å²) >= 11 is 0. The van der Waals surface area contributed by atoms with E-state index in [9.17, 15) is 0 Å². The van der Waals surface area contributed by atoms with Gasteiger partial charge in [-0.1, -0.05) is 34.1 Å². The monoisotopic (exact) mass is 226 g/mol. The highest BCUT2D eigenvalue weighted by molar-refractivity contribution is 4.88. The SMILES string of the molecule is CCCC1CNC(CC)CN1C(CC)CC. The van der Waals surface area contributed by atoms with Gasteiger partial charge in [-0.15, -0.1) is 0 Å². The molecule has 0 spiro atoms. The second-order valence-electron chi connectivity index (χ2n) is 5.12. The lowest BCUT2D eigenvalue weighted by atomic mass is 9.98. The first-order valence-corrected chi connectivity index (χ1v) is 7.25. The van der Waals surface area contributed by atoms with Crippen LogP contribution in [0.4, 0.5) is 0 Å². The van der Waals surface area contributed by atoms with E-state index in [1.807, 2.05) is 0 Å². The topological polar surface area (TPSA) is 15.3 Å². The average molecular weight is 226 g/mol. The van der Waals surface area contributed by atoms with Crippen LogP contribution in [0.1, 0.15) is 59.8 Å². The molecular formula is C14H30N2. The molecule has 96 valence electrons. The largest absolute Gasteiger partial charge is 0.311 e. The van der Waals surface area contributed by atoms with Gasteiger partial charge in [0.05, 0.1) is 0 Å². The molecule has 16 heavy (non-hydrogen) atoms. The minimum absolute atomic E-state index is 0.716. The molecule has 0 aromatic carbocycles. The van der Waals surface area contributed by atoms with Crippen LogP contribution in [-0.4, -0.2) is 36.1 Å². The van der Waals surface area contributed by atoms with E-state index < -0.39 is 0 Å². The number of nitrogens with zero attached hydrogens (tertiary/aromatic N) is 1. The smallest absolute Gasteiger partial charge is 0.0224 e. The summed E-state index contributed by atoms with van der Waals surface area (Å²) in [7, 11) is 0. The van der Waals surface area contributed by atoms with Crippen LogP contribution in [0, 0.1) is 0 Å². The van der Waals surface area contributed by atoms with Gasteiger partial charge in [-0.3, -0.25) is 4.90 Å². The van der Waals surface area contributed by atoms with Crippen LogP contribution >= 0.6 is 0 Å². The maximum atomic E-state index is 3.70. The van der Waals surface area contributed by atoms with E-state index in [2.05, 4.69) is 37.9 Å². The number of rotatable bonds is 6. The summed E-state index contributed by atoms with van der Waals surface area (Å²) in [6.07, 6.45) is 6.51. The molecule has 0 aromatic rings. The van der Waals surface area contributed by atoms with E-state index >= 15 is 0 Å². The molecule has 0 saturated carbocycles. The standard InChI is InChI=1S/C14H30N2/c1-5-9-14-10-15-12(6-2)11-16(14)13(7-3)8-4/h12-15H,5-11H2,1-4H3. The van der Waals surface area contributed by atoms with Crippen molar-refractivity contribution in [2.75, 3.05) is 13.1 Å². The lowest BCUT2D eigenvalue weighted by molar-refractivity contribution is 0.0702. The van der Waals surface area contributed by atoms with Crippen LogP contribution in [0.3, 0.4) is 0 Å². The molecule has 0 amide bonds. The van der Waals surface area contributed by atoms with Crippen LogP contribution in [0.2, 0.25) is 0 Å². The molecule has 2 atom stereocenters. The zero-order chi connectivity index (χ0) is 12.0. The molecule has 1 aliphatic rings. The van der Waals surface area contributed by atoms with Crippen molar-refractivity contribution in [1.29, 1.82) is 0 Å². The maximum absolute atomic E-state index is 3.70. The Bertz CT molecular complexity index is 178. The van der Waals surface area contributed by atoms with E-state index in [0.29, 0.717) is 6.04 Å². The third-order valence-electron chi connectivity index (χ3n) is 4.07. The number of hydrogen-bond acceptors (Lipinski definition) is 2. The van der Waals surface area contributed by atoms with Crippen molar-refractivity contribution in [3.8, 4) is 0 Å². The zero-order valence-corrected chi connectivity index (χ0v) is 11.6. The fraction of sp³-hybridized carbons (Fsp3) is 1.00. The molecular weight excluding hydrogens is 196 g/mol. The normalized spacial score (nSPS) is 27.6. The summed E-state index contributed by atoms with van der Waals surface area (Å²) in [6.45, 7) is 11.7. The molecule has 2 nitrogen and oxygen atoms in total. The summed E-state index contributed by atoms with van der Waals surface area (Å²) in [5.41, 5.74) is 0. The second-order valence-corrected chi connectivity index (χ2v) is 5.12. The van der Waals surface area contributed by atoms with Crippen molar-refractivity contribution < 1.29 is 0 Å². The van der Waals surface area contributed by atoms with Crippen molar-refractivity contribution in [2.24, 2.45) is 0 Å². The zero-order valence-electron chi connectivity index (χ0n) is 11.6. The summed E-state index contributed by atoms with van der Waals surface area (Å²) in [5.74, 6) is 0. The van der Waals surface area contributed by atoms with Gasteiger partial charge >= 0.3 is 0 Å². The van der Waals surface area contributed by atoms with Gasteiger partial charge in [0.1, 0.15) is 0 Å². The van der Waals surface area contributed by atoms with Gasteiger partial charge in [-0.25, -0.2) is 0 Å². The minimum atomic E-state index is 0.716. The van der Waals surface area contributed by atoms with E-state index in [0.717, 1.165) is 12.1 Å². The Kier molecular flexibility index (Phi) is 6.37. The third kappa shape index (κ3) is 3.46. The summed E-state index contributed by atoms with van der Waals surface area (Å²) in [5, 5.41) is 3.70. The van der Waals surface area contributed by atoms with Crippen LogP contribution in [-0.2, 0) is 0 Å². The molecule has 1 fully saturated rings. The second kappa shape index (κ2) is 7.29. The molecule has 1 rings (SSSR count). The minimum Gasteiger partial charge on any atom is -0.311 e. The van der Waals surface area contributed by atoms with Crippen molar-refractivity contribution in [3.05, 3.63) is 0 Å². The Morgan fingerprint density at radius 2 is 1.88 bits per heavy atom. The Labute approximate surface area is 102 Å². The third-order valence-corrected chi connectivity index (χ3v) is 4.07. The van der Waals surface area contributed by atoms with Crippen molar-refractivity contribution in [2.45, 2.75) is 77.9 Å². The molecule has 1 N–H and O–H groups in total. The van der Waals surface area contributed by atoms with Gasteiger partial charge < -0.3 is 5.32 Å². The van der Waals surface area contributed by atoms with Crippen molar-refractivity contribution in [1.82, 2.24) is 10.2 Å². The van der Waals surface area contributed by atoms with E-state index in [4.69, 9.17) is 0 Å². The molecule has 0 radical (unpaired) electrons. The first-order chi connectivity index (χ1) is 7.76. The molecule has 1 saturated heterocycles. The quantitative estimate of drug-likeness (QED) is 0.749. The molecule has 1 heterocycles. The molecule has 2 unspecified atom stereocenters. The van der Waals surface area contributed by atoms with Gasteiger partial charge in [-0.05, 0) is 25.7 Å². The van der Waals surface area contributed by atoms with Crippen LogP contribution in [0.25, 0.3) is 0 Å². The first-order valence-electron chi connectivity index (χ1n) is 7.25. The van der Waals surface area contributed by atoms with Crippen LogP contribution in [0.15, 0.2) is 0 Å². The number of hydrogen-bond donors (Lipinski definition) is 1. The Morgan fingerprint density at radius 1 is 1.19 bits per heavy atom.